The molecule has 1 N–H and O–H groups in total. The summed E-state index contributed by atoms with van der Waals surface area (Å²) in [5, 5.41) is 1.63. The Kier molecular flexibility index (Phi) is 3.83. The van der Waals surface area contributed by atoms with Crippen LogP contribution in [0.3, 0.4) is 0 Å². The van der Waals surface area contributed by atoms with Crippen LogP contribution < -0.4 is 10.6 Å². The van der Waals surface area contributed by atoms with Crippen LogP contribution in [0.25, 0.3) is 0 Å². The van der Waals surface area contributed by atoms with Crippen LogP contribution in [0.2, 0.25) is 0 Å². The van der Waals surface area contributed by atoms with E-state index in [1.54, 1.807) is 23.6 Å². The summed E-state index contributed by atoms with van der Waals surface area (Å²) in [5.41, 5.74) is 3.52. The number of ether oxygens (including phenoxy) is 1. The highest BCUT2D eigenvalue weighted by molar-refractivity contribution is 5.73. The molecule has 1 fully saturated rings. The van der Waals surface area contributed by atoms with Crippen LogP contribution >= 0.6 is 0 Å². The summed E-state index contributed by atoms with van der Waals surface area (Å²) < 4.78 is 5.28. The lowest BCUT2D eigenvalue weighted by atomic mass is 9.89. The van der Waals surface area contributed by atoms with Gasteiger partial charge in [-0.1, -0.05) is 24.9 Å². The van der Waals surface area contributed by atoms with E-state index >= 15 is 0 Å². The van der Waals surface area contributed by atoms with Crippen molar-refractivity contribution in [3.8, 4) is 0 Å². The number of carbonyl (C=O) groups is 1. The SMILES string of the molecule is O=C(OC1=CN(c2ccncc2)NO1)C1CCCCC1. The van der Waals surface area contributed by atoms with E-state index in [9.17, 15) is 4.79 Å². The van der Waals surface area contributed by atoms with E-state index < -0.39 is 0 Å². The summed E-state index contributed by atoms with van der Waals surface area (Å²) in [5.74, 6) is -0.0186. The van der Waals surface area contributed by atoms with Gasteiger partial charge in [-0.2, -0.15) is 0 Å². The molecule has 0 radical (unpaired) electrons. The van der Waals surface area contributed by atoms with E-state index in [0.29, 0.717) is 0 Å². The molecule has 1 aromatic rings. The second-order valence-corrected chi connectivity index (χ2v) is 4.97. The van der Waals surface area contributed by atoms with Crippen LogP contribution in [0.1, 0.15) is 32.1 Å². The van der Waals surface area contributed by atoms with Gasteiger partial charge in [0.1, 0.15) is 6.20 Å². The molecule has 0 aromatic carbocycles. The molecule has 2 aliphatic rings. The van der Waals surface area contributed by atoms with Crippen molar-refractivity contribution in [2.24, 2.45) is 5.92 Å². The van der Waals surface area contributed by atoms with Crippen molar-refractivity contribution < 1.29 is 14.4 Å². The molecular formula is C14H17N3O3. The summed E-state index contributed by atoms with van der Waals surface area (Å²) in [6.07, 6.45) is 10.2. The summed E-state index contributed by atoms with van der Waals surface area (Å²) >= 11 is 0. The molecule has 0 atom stereocenters. The van der Waals surface area contributed by atoms with Gasteiger partial charge in [0.25, 0.3) is 0 Å². The topological polar surface area (TPSA) is 63.7 Å². The Bertz CT molecular complexity index is 498. The number of hydrogen-bond donors (Lipinski definition) is 1. The predicted octanol–water partition coefficient (Wildman–Crippen LogP) is 2.26. The zero-order chi connectivity index (χ0) is 13.8. The average Bonchev–Trinajstić information content (AvgIpc) is 2.97. The fraction of sp³-hybridized carbons (Fsp3) is 0.429. The maximum atomic E-state index is 12.0. The molecule has 1 aromatic heterocycles. The van der Waals surface area contributed by atoms with Gasteiger partial charge in [-0.3, -0.25) is 9.78 Å². The number of aromatic nitrogens is 1. The zero-order valence-electron chi connectivity index (χ0n) is 11.1. The van der Waals surface area contributed by atoms with E-state index in [4.69, 9.17) is 9.57 Å². The lowest BCUT2D eigenvalue weighted by molar-refractivity contribution is -0.152. The van der Waals surface area contributed by atoms with Gasteiger partial charge < -0.3 is 9.57 Å². The molecule has 0 amide bonds. The number of anilines is 1. The number of rotatable bonds is 3. The Morgan fingerprint density at radius 1 is 1.30 bits per heavy atom. The Hall–Kier alpha value is -2.08. The zero-order valence-corrected chi connectivity index (χ0v) is 11.1. The average molecular weight is 275 g/mol. The van der Waals surface area contributed by atoms with E-state index in [0.717, 1.165) is 31.4 Å². The molecule has 20 heavy (non-hydrogen) atoms. The minimum Gasteiger partial charge on any atom is -0.390 e. The largest absolute Gasteiger partial charge is 0.390 e. The standard InChI is InChI=1S/C14H17N3O3/c18-14(11-4-2-1-3-5-11)19-13-10-17(16-20-13)12-6-8-15-9-7-12/h6-11,16H,1-5H2. The second kappa shape index (κ2) is 5.92. The highest BCUT2D eigenvalue weighted by Gasteiger charge is 2.26. The van der Waals surface area contributed by atoms with Gasteiger partial charge >= 0.3 is 11.9 Å². The first-order chi connectivity index (χ1) is 9.83. The van der Waals surface area contributed by atoms with Crippen molar-refractivity contribution in [2.75, 3.05) is 5.01 Å². The molecule has 0 bridgehead atoms. The Morgan fingerprint density at radius 3 is 2.80 bits per heavy atom. The molecule has 0 unspecified atom stereocenters. The number of hydrazine groups is 1. The molecule has 6 heteroatoms. The third-order valence-electron chi connectivity index (χ3n) is 3.56. The third kappa shape index (κ3) is 2.91. The molecule has 3 rings (SSSR count). The lowest BCUT2D eigenvalue weighted by Crippen LogP contribution is -2.27. The Labute approximate surface area is 117 Å². The molecule has 6 nitrogen and oxygen atoms in total. The normalized spacial score (nSPS) is 19.4. The van der Waals surface area contributed by atoms with Crippen LogP contribution in [-0.4, -0.2) is 11.0 Å². The Morgan fingerprint density at radius 2 is 2.05 bits per heavy atom. The summed E-state index contributed by atoms with van der Waals surface area (Å²) in [4.78, 5) is 21.1. The molecule has 106 valence electrons. The molecule has 1 aliphatic heterocycles. The maximum Gasteiger partial charge on any atom is 0.327 e. The second-order valence-electron chi connectivity index (χ2n) is 4.97. The van der Waals surface area contributed by atoms with Crippen molar-refractivity contribution in [2.45, 2.75) is 32.1 Å². The summed E-state index contributed by atoms with van der Waals surface area (Å²) in [6.45, 7) is 0. The summed E-state index contributed by atoms with van der Waals surface area (Å²) in [7, 11) is 0. The number of nitrogens with zero attached hydrogens (tertiary/aromatic N) is 2. The first-order valence-electron chi connectivity index (χ1n) is 6.88. The number of hydrogen-bond acceptors (Lipinski definition) is 6. The van der Waals surface area contributed by atoms with Crippen molar-refractivity contribution in [3.63, 3.8) is 0 Å². The van der Waals surface area contributed by atoms with Gasteiger partial charge in [0.05, 0.1) is 11.6 Å². The fourth-order valence-electron chi connectivity index (χ4n) is 2.45. The van der Waals surface area contributed by atoms with Gasteiger partial charge in [0.2, 0.25) is 0 Å². The van der Waals surface area contributed by atoms with Crippen LogP contribution in [0.4, 0.5) is 5.69 Å². The van der Waals surface area contributed by atoms with Crippen molar-refractivity contribution in [1.29, 1.82) is 0 Å². The fourth-order valence-corrected chi connectivity index (χ4v) is 2.45. The number of carbonyl (C=O) groups excluding carboxylic acids is 1. The van der Waals surface area contributed by atoms with Crippen molar-refractivity contribution in [1.82, 2.24) is 10.6 Å². The van der Waals surface area contributed by atoms with Crippen LogP contribution in [0.15, 0.2) is 36.7 Å². The highest BCUT2D eigenvalue weighted by Crippen LogP contribution is 2.26. The van der Waals surface area contributed by atoms with Gasteiger partial charge in [-0.15, -0.1) is 0 Å². The molecule has 0 spiro atoms. The monoisotopic (exact) mass is 275 g/mol. The van der Waals surface area contributed by atoms with E-state index in [1.807, 2.05) is 12.1 Å². The molecule has 1 saturated carbocycles. The molecule has 1 aliphatic carbocycles. The quantitative estimate of drug-likeness (QED) is 0.854. The van der Waals surface area contributed by atoms with Crippen molar-refractivity contribution >= 4 is 11.7 Å². The Balaban J connectivity index is 1.59. The van der Waals surface area contributed by atoms with Gasteiger partial charge in [0, 0.05) is 12.4 Å². The van der Waals surface area contributed by atoms with Gasteiger partial charge in [-0.05, 0) is 25.0 Å². The number of nitrogens with one attached hydrogen (secondary N) is 1. The smallest absolute Gasteiger partial charge is 0.327 e. The number of esters is 1. The lowest BCUT2D eigenvalue weighted by Gasteiger charge is -2.19. The molecular weight excluding hydrogens is 258 g/mol. The molecule has 0 saturated heterocycles. The van der Waals surface area contributed by atoms with Gasteiger partial charge in [-0.25, -0.2) is 5.01 Å². The van der Waals surface area contributed by atoms with E-state index in [-0.39, 0.29) is 17.8 Å². The first kappa shape index (κ1) is 12.9. The van der Waals surface area contributed by atoms with Crippen LogP contribution in [0, 0.1) is 5.92 Å². The van der Waals surface area contributed by atoms with E-state index in [1.165, 1.54) is 6.42 Å². The first-order valence-corrected chi connectivity index (χ1v) is 6.88. The minimum atomic E-state index is -0.200. The van der Waals surface area contributed by atoms with Crippen LogP contribution in [-0.2, 0) is 14.4 Å². The van der Waals surface area contributed by atoms with E-state index in [2.05, 4.69) is 10.6 Å². The summed E-state index contributed by atoms with van der Waals surface area (Å²) in [6, 6.07) is 3.64. The molecule has 2 heterocycles. The van der Waals surface area contributed by atoms with Gasteiger partial charge in [0.15, 0.2) is 0 Å². The predicted molar refractivity (Wildman–Crippen MR) is 71.7 cm³/mol. The third-order valence-corrected chi connectivity index (χ3v) is 3.56. The highest BCUT2D eigenvalue weighted by atomic mass is 16.8. The number of pyridine rings is 1. The maximum absolute atomic E-state index is 12.0. The minimum absolute atomic E-state index is 0.00299. The van der Waals surface area contributed by atoms with Crippen LogP contribution in [0.5, 0.6) is 0 Å². The van der Waals surface area contributed by atoms with Crippen molar-refractivity contribution in [3.05, 3.63) is 36.7 Å².